The minimum absolute atomic E-state index is 0.633. The molecule has 0 bridgehead atoms. The highest BCUT2D eigenvalue weighted by Crippen LogP contribution is 2.43. The van der Waals surface area contributed by atoms with E-state index >= 15 is 0 Å². The number of hydrogen-bond acceptors (Lipinski definition) is 3. The molecule has 0 unspecified atom stereocenters. The molecule has 3 heteroatoms. The molecule has 1 aliphatic carbocycles. The van der Waals surface area contributed by atoms with Crippen LogP contribution in [-0.4, -0.2) is 15.0 Å². The van der Waals surface area contributed by atoms with E-state index in [0.29, 0.717) is 17.5 Å². The smallest absolute Gasteiger partial charge is 0.164 e. The van der Waals surface area contributed by atoms with E-state index in [4.69, 9.17) is 15.0 Å². The Bertz CT molecular complexity index is 2690. The number of hydrogen-bond donors (Lipinski definition) is 0. The number of rotatable bonds is 7. The first-order chi connectivity index (χ1) is 27.2. The van der Waals surface area contributed by atoms with Gasteiger partial charge in [-0.3, -0.25) is 0 Å². The summed E-state index contributed by atoms with van der Waals surface area (Å²) in [6.45, 7) is 0. The summed E-state index contributed by atoms with van der Waals surface area (Å²) in [5.41, 5.74) is 17.4. The van der Waals surface area contributed by atoms with Crippen molar-refractivity contribution in [1.82, 2.24) is 15.0 Å². The van der Waals surface area contributed by atoms with E-state index in [1.54, 1.807) is 0 Å². The van der Waals surface area contributed by atoms with E-state index in [9.17, 15) is 0 Å². The Morgan fingerprint density at radius 3 is 1.20 bits per heavy atom. The van der Waals surface area contributed by atoms with Crippen LogP contribution in [0, 0.1) is 0 Å². The monoisotopic (exact) mass is 701 g/mol. The van der Waals surface area contributed by atoms with Gasteiger partial charge in [0.15, 0.2) is 17.5 Å². The third-order valence-corrected chi connectivity index (χ3v) is 10.6. The molecule has 0 saturated carbocycles. The molecule has 0 spiro atoms. The lowest BCUT2D eigenvalue weighted by Crippen LogP contribution is -2.01. The standard InChI is InChI=1S/C52H35N3/c1-4-13-35(14-5-1)38-23-27-40(28-24-38)50-53-51(41-29-25-39(26-30-41)36-15-6-2-7-16-36)55-52(54-50)45-32-43(37-17-8-3-9-18-37)31-44(33-45)47-21-12-22-48-46-20-11-10-19-42(46)34-49(47)48/h1-33H,34H2. The largest absolute Gasteiger partial charge is 0.208 e. The molecule has 0 aliphatic heterocycles. The molecule has 8 aromatic carbocycles. The fraction of sp³-hybridized carbons (Fsp3) is 0.0192. The Kier molecular flexibility index (Phi) is 8.23. The maximum Gasteiger partial charge on any atom is 0.164 e. The molecular formula is C52H35N3. The maximum atomic E-state index is 5.22. The summed E-state index contributed by atoms with van der Waals surface area (Å²) in [5.74, 6) is 1.90. The van der Waals surface area contributed by atoms with Gasteiger partial charge in [-0.1, -0.05) is 182 Å². The highest BCUT2D eigenvalue weighted by Gasteiger charge is 2.22. The SMILES string of the molecule is c1ccc(-c2ccc(-c3nc(-c4ccc(-c5ccccc5)cc4)nc(-c4cc(-c5ccccc5)cc(-c5cccc6c5Cc5ccccc5-6)c4)n3)cc2)cc1. The van der Waals surface area contributed by atoms with Gasteiger partial charge in [-0.25, -0.2) is 15.0 Å². The summed E-state index contributed by atoms with van der Waals surface area (Å²) >= 11 is 0. The van der Waals surface area contributed by atoms with Crippen LogP contribution in [0.4, 0.5) is 0 Å². The Morgan fingerprint density at radius 1 is 0.255 bits per heavy atom. The van der Waals surface area contributed by atoms with E-state index in [0.717, 1.165) is 50.9 Å². The molecule has 0 atom stereocenters. The Balaban J connectivity index is 1.14. The van der Waals surface area contributed by atoms with E-state index in [1.807, 2.05) is 12.1 Å². The predicted molar refractivity (Wildman–Crippen MR) is 226 cm³/mol. The van der Waals surface area contributed by atoms with Gasteiger partial charge in [-0.2, -0.15) is 0 Å². The summed E-state index contributed by atoms with van der Waals surface area (Å²) in [7, 11) is 0. The van der Waals surface area contributed by atoms with E-state index in [1.165, 1.54) is 38.9 Å². The third kappa shape index (κ3) is 6.32. The first-order valence-corrected chi connectivity index (χ1v) is 18.7. The number of nitrogens with zero attached hydrogens (tertiary/aromatic N) is 3. The lowest BCUT2D eigenvalue weighted by atomic mass is 9.91. The van der Waals surface area contributed by atoms with Gasteiger partial charge in [0.05, 0.1) is 0 Å². The van der Waals surface area contributed by atoms with Gasteiger partial charge in [-0.15, -0.1) is 0 Å². The number of fused-ring (bicyclic) bond motifs is 3. The first-order valence-electron chi connectivity index (χ1n) is 18.7. The minimum atomic E-state index is 0.633. The molecule has 1 aliphatic rings. The topological polar surface area (TPSA) is 38.7 Å². The van der Waals surface area contributed by atoms with Crippen LogP contribution < -0.4 is 0 Å². The normalized spacial score (nSPS) is 11.6. The number of benzene rings is 8. The number of aromatic nitrogens is 3. The Labute approximate surface area is 321 Å². The van der Waals surface area contributed by atoms with Crippen LogP contribution in [0.3, 0.4) is 0 Å². The van der Waals surface area contributed by atoms with Crippen molar-refractivity contribution < 1.29 is 0 Å². The second-order valence-corrected chi connectivity index (χ2v) is 14.0. The van der Waals surface area contributed by atoms with E-state index < -0.39 is 0 Å². The average molecular weight is 702 g/mol. The zero-order chi connectivity index (χ0) is 36.6. The van der Waals surface area contributed by atoms with Gasteiger partial charge in [0.2, 0.25) is 0 Å². The first kappa shape index (κ1) is 32.4. The molecule has 9 aromatic rings. The summed E-state index contributed by atoms with van der Waals surface area (Å²) in [5, 5.41) is 0. The molecule has 0 amide bonds. The molecule has 55 heavy (non-hydrogen) atoms. The van der Waals surface area contributed by atoms with Crippen molar-refractivity contribution in [3.63, 3.8) is 0 Å². The fourth-order valence-corrected chi connectivity index (χ4v) is 7.79. The summed E-state index contributed by atoms with van der Waals surface area (Å²) in [6.07, 6.45) is 0.907. The van der Waals surface area contributed by atoms with E-state index in [-0.39, 0.29) is 0 Å². The molecule has 0 radical (unpaired) electrons. The highest BCUT2D eigenvalue weighted by atomic mass is 15.0. The second-order valence-electron chi connectivity index (χ2n) is 14.0. The highest BCUT2D eigenvalue weighted by molar-refractivity contribution is 5.88. The van der Waals surface area contributed by atoms with Crippen LogP contribution in [0.2, 0.25) is 0 Å². The summed E-state index contributed by atoms with van der Waals surface area (Å²) in [6, 6.07) is 70.7. The van der Waals surface area contributed by atoms with Crippen molar-refractivity contribution in [3.05, 3.63) is 211 Å². The van der Waals surface area contributed by atoms with Crippen LogP contribution in [0.15, 0.2) is 200 Å². The predicted octanol–water partition coefficient (Wildman–Crippen LogP) is 13.1. The average Bonchev–Trinajstić information content (AvgIpc) is 3.66. The van der Waals surface area contributed by atoms with Crippen LogP contribution in [0.25, 0.3) is 89.8 Å². The molecule has 0 N–H and O–H groups in total. The van der Waals surface area contributed by atoms with Gasteiger partial charge in [-0.05, 0) is 91.4 Å². The van der Waals surface area contributed by atoms with Crippen molar-refractivity contribution in [2.24, 2.45) is 0 Å². The van der Waals surface area contributed by atoms with Gasteiger partial charge in [0.1, 0.15) is 0 Å². The van der Waals surface area contributed by atoms with Gasteiger partial charge in [0, 0.05) is 16.7 Å². The quantitative estimate of drug-likeness (QED) is 0.166. The summed E-state index contributed by atoms with van der Waals surface area (Å²) in [4.78, 5) is 15.6. The van der Waals surface area contributed by atoms with Crippen molar-refractivity contribution >= 4 is 0 Å². The Morgan fingerprint density at radius 2 is 0.636 bits per heavy atom. The van der Waals surface area contributed by atoms with Gasteiger partial charge < -0.3 is 0 Å². The van der Waals surface area contributed by atoms with Gasteiger partial charge >= 0.3 is 0 Å². The minimum Gasteiger partial charge on any atom is -0.208 e. The molecule has 258 valence electrons. The molecule has 10 rings (SSSR count). The molecule has 3 nitrogen and oxygen atoms in total. The lowest BCUT2D eigenvalue weighted by molar-refractivity contribution is 1.07. The lowest BCUT2D eigenvalue weighted by Gasteiger charge is -2.15. The fourth-order valence-electron chi connectivity index (χ4n) is 7.79. The van der Waals surface area contributed by atoms with Crippen LogP contribution in [0.1, 0.15) is 11.1 Å². The van der Waals surface area contributed by atoms with Crippen molar-refractivity contribution in [2.75, 3.05) is 0 Å². The van der Waals surface area contributed by atoms with E-state index in [2.05, 4.69) is 188 Å². The summed E-state index contributed by atoms with van der Waals surface area (Å²) < 4.78 is 0. The van der Waals surface area contributed by atoms with Crippen molar-refractivity contribution in [2.45, 2.75) is 6.42 Å². The third-order valence-electron chi connectivity index (χ3n) is 10.6. The van der Waals surface area contributed by atoms with Crippen molar-refractivity contribution in [1.29, 1.82) is 0 Å². The molecule has 0 saturated heterocycles. The van der Waals surface area contributed by atoms with Crippen LogP contribution >= 0.6 is 0 Å². The molecule has 0 fully saturated rings. The molecule has 1 aromatic heterocycles. The molecular weight excluding hydrogens is 667 g/mol. The van der Waals surface area contributed by atoms with Crippen LogP contribution in [0.5, 0.6) is 0 Å². The zero-order valence-electron chi connectivity index (χ0n) is 30.1. The van der Waals surface area contributed by atoms with Gasteiger partial charge in [0.25, 0.3) is 0 Å². The zero-order valence-corrected chi connectivity index (χ0v) is 30.1. The van der Waals surface area contributed by atoms with Crippen molar-refractivity contribution in [3.8, 4) is 89.8 Å². The molecule has 1 heterocycles. The Hall–Kier alpha value is -7.23. The second kappa shape index (κ2) is 14.0. The van der Waals surface area contributed by atoms with Crippen LogP contribution in [-0.2, 0) is 6.42 Å². The maximum absolute atomic E-state index is 5.22.